The van der Waals surface area contributed by atoms with E-state index in [2.05, 4.69) is 23.7 Å². The molecule has 2 aliphatic heterocycles. The molecule has 1 aromatic rings. The minimum Gasteiger partial charge on any atom is -0.369 e. The molecular weight excluding hydrogens is 612 g/mol. The Kier molecular flexibility index (Phi) is 11.7. The molecule has 1 aromatic heterocycles. The molecule has 1 saturated heterocycles. The summed E-state index contributed by atoms with van der Waals surface area (Å²) in [6.07, 6.45) is 2.01. The number of amides is 3. The Hall–Kier alpha value is -3.02. The highest BCUT2D eigenvalue weighted by atomic mass is 32.2. The van der Waals surface area contributed by atoms with E-state index >= 15 is 0 Å². The van der Waals surface area contributed by atoms with Gasteiger partial charge in [0.15, 0.2) is 24.4 Å². The molecule has 3 heterocycles. The molecule has 0 spiro atoms. The van der Waals surface area contributed by atoms with Gasteiger partial charge in [-0.1, -0.05) is 12.8 Å². The van der Waals surface area contributed by atoms with Gasteiger partial charge >= 0.3 is 0 Å². The number of thiophene rings is 1. The van der Waals surface area contributed by atoms with E-state index in [9.17, 15) is 35.6 Å². The number of rotatable bonds is 9. The van der Waals surface area contributed by atoms with Crippen molar-refractivity contribution in [2.45, 2.75) is 49.3 Å². The lowest BCUT2D eigenvalue weighted by molar-refractivity contribution is -0.131. The first-order chi connectivity index (χ1) is 19.4. The summed E-state index contributed by atoms with van der Waals surface area (Å²) in [6.45, 7) is 3.43. The van der Waals surface area contributed by atoms with Crippen molar-refractivity contribution in [2.24, 2.45) is 11.7 Å². The largest absolute Gasteiger partial charge is 0.369 e. The first kappa shape index (κ1) is 35.2. The maximum absolute atomic E-state index is 12.9. The summed E-state index contributed by atoms with van der Waals surface area (Å²) in [6, 6.07) is 1.62. The number of hydrogen-bond acceptors (Lipinski definition) is 10. The van der Waals surface area contributed by atoms with Gasteiger partial charge < -0.3 is 10.6 Å². The number of hydrogen-bond donors (Lipinski definition) is 3. The van der Waals surface area contributed by atoms with Crippen molar-refractivity contribution >= 4 is 48.7 Å². The van der Waals surface area contributed by atoms with E-state index in [1.165, 1.54) is 28.6 Å². The predicted octanol–water partition coefficient (Wildman–Crippen LogP) is -0.0478. The third-order valence-corrected chi connectivity index (χ3v) is 12.0. The van der Waals surface area contributed by atoms with Gasteiger partial charge in [0, 0.05) is 32.1 Å². The summed E-state index contributed by atoms with van der Waals surface area (Å²) in [5.41, 5.74) is 6.99. The van der Waals surface area contributed by atoms with Crippen LogP contribution >= 0.6 is 11.3 Å². The summed E-state index contributed by atoms with van der Waals surface area (Å²) in [4.78, 5) is 39.6. The third-order valence-electron chi connectivity index (χ3n) is 7.29. The highest BCUT2D eigenvalue weighted by molar-refractivity contribution is 7.93. The average Bonchev–Trinajstić information content (AvgIpc) is 3.40. The van der Waals surface area contributed by atoms with Crippen LogP contribution in [0.5, 0.6) is 0 Å². The normalized spacial score (nSPS) is 20.3. The van der Waals surface area contributed by atoms with Crippen LogP contribution in [-0.2, 0) is 35.8 Å². The summed E-state index contributed by atoms with van der Waals surface area (Å²) in [5.74, 6) is 9.31. The van der Waals surface area contributed by atoms with E-state index in [4.69, 9.17) is 10.9 Å². The zero-order valence-electron chi connectivity index (χ0n) is 23.9. The number of likely N-dealkylation sites (tertiary alicyclic amines) is 1. The number of nitrogens with one attached hydrogen (secondary N) is 1. The number of carbonyl (C=O) groups excluding carboxylic acids is 3. The molecule has 1 fully saturated rings. The van der Waals surface area contributed by atoms with Crippen molar-refractivity contribution in [1.29, 1.82) is 0 Å². The topological polar surface area (TPSA) is 184 Å². The van der Waals surface area contributed by atoms with Crippen molar-refractivity contribution in [1.82, 2.24) is 15.3 Å². The van der Waals surface area contributed by atoms with Crippen LogP contribution in [0.15, 0.2) is 6.07 Å². The fourth-order valence-electron chi connectivity index (χ4n) is 4.36. The molecule has 4 atom stereocenters. The SMILES string of the molecule is CC[C@H](C(N)=O)S(C)(=O)=O.CN1C[C@H](C#CC#Cc2cc3c(s2)C(=O)N(CCC(C)(C(=O)NO)S(C)(=O)=O)C3)[C@H]1CF. The molecule has 0 aliphatic carbocycles. The van der Waals surface area contributed by atoms with E-state index in [-0.39, 0.29) is 43.8 Å². The Morgan fingerprint density at radius 3 is 2.36 bits per heavy atom. The van der Waals surface area contributed by atoms with Gasteiger partial charge in [0.25, 0.3) is 11.8 Å². The number of carbonyl (C=O) groups is 3. The molecule has 0 bridgehead atoms. The Morgan fingerprint density at radius 2 is 1.93 bits per heavy atom. The molecule has 12 nitrogen and oxygen atoms in total. The first-order valence-corrected chi connectivity index (χ1v) is 17.4. The molecule has 0 saturated carbocycles. The molecule has 0 radical (unpaired) electrons. The van der Waals surface area contributed by atoms with E-state index < -0.39 is 48.2 Å². The number of halogens is 1. The number of alkyl halides is 1. The lowest BCUT2D eigenvalue weighted by Crippen LogP contribution is -2.54. The van der Waals surface area contributed by atoms with Crippen LogP contribution in [0, 0.1) is 29.6 Å². The highest BCUT2D eigenvalue weighted by Gasteiger charge is 2.44. The van der Waals surface area contributed by atoms with Crippen LogP contribution in [0.25, 0.3) is 0 Å². The van der Waals surface area contributed by atoms with E-state index in [0.29, 0.717) is 9.75 Å². The fourth-order valence-corrected chi connectivity index (χ4v) is 7.23. The van der Waals surface area contributed by atoms with Crippen LogP contribution in [0.1, 0.15) is 46.8 Å². The Morgan fingerprint density at radius 1 is 1.29 bits per heavy atom. The molecule has 232 valence electrons. The number of nitrogens with zero attached hydrogens (tertiary/aromatic N) is 2. The summed E-state index contributed by atoms with van der Waals surface area (Å²) < 4.78 is 56.6. The van der Waals surface area contributed by atoms with Crippen LogP contribution in [0.4, 0.5) is 4.39 Å². The number of primary amides is 1. The minimum absolute atomic E-state index is 0.0201. The Bertz CT molecular complexity index is 1550. The van der Waals surface area contributed by atoms with Crippen molar-refractivity contribution in [3.05, 3.63) is 21.4 Å². The molecule has 3 rings (SSSR count). The number of sulfone groups is 2. The van der Waals surface area contributed by atoms with Crippen LogP contribution in [0.3, 0.4) is 0 Å². The van der Waals surface area contributed by atoms with Crippen molar-refractivity contribution in [2.75, 3.05) is 39.3 Å². The van der Waals surface area contributed by atoms with Gasteiger partial charge in [-0.3, -0.25) is 24.5 Å². The highest BCUT2D eigenvalue weighted by Crippen LogP contribution is 2.32. The molecule has 42 heavy (non-hydrogen) atoms. The molecule has 4 N–H and O–H groups in total. The second kappa shape index (κ2) is 14.0. The molecule has 3 amide bonds. The van der Waals surface area contributed by atoms with Crippen LogP contribution in [0.2, 0.25) is 0 Å². The van der Waals surface area contributed by atoms with Crippen molar-refractivity contribution in [3.8, 4) is 23.7 Å². The summed E-state index contributed by atoms with van der Waals surface area (Å²) >= 11 is 1.23. The van der Waals surface area contributed by atoms with E-state index in [1.807, 2.05) is 11.9 Å². The molecule has 1 unspecified atom stereocenters. The van der Waals surface area contributed by atoms with Gasteiger partial charge in [0.05, 0.1) is 21.7 Å². The zero-order chi connectivity index (χ0) is 32.0. The van der Waals surface area contributed by atoms with Gasteiger partial charge in [-0.15, -0.1) is 11.3 Å². The minimum atomic E-state index is -3.83. The lowest BCUT2D eigenvalue weighted by Gasteiger charge is -2.41. The van der Waals surface area contributed by atoms with Gasteiger partial charge in [-0.25, -0.2) is 26.7 Å². The van der Waals surface area contributed by atoms with Gasteiger partial charge in [0.2, 0.25) is 5.91 Å². The van der Waals surface area contributed by atoms with Crippen LogP contribution < -0.4 is 11.2 Å². The second-order valence-electron chi connectivity index (χ2n) is 10.3. The van der Waals surface area contributed by atoms with Crippen molar-refractivity contribution in [3.63, 3.8) is 0 Å². The lowest BCUT2D eigenvalue weighted by atomic mass is 9.91. The maximum atomic E-state index is 12.9. The van der Waals surface area contributed by atoms with Crippen LogP contribution in [-0.4, -0.2) is 105 Å². The Balaban J connectivity index is 0.000000528. The van der Waals surface area contributed by atoms with E-state index in [0.717, 1.165) is 24.6 Å². The Labute approximate surface area is 249 Å². The number of fused-ring (bicyclic) bond motifs is 1. The number of nitrogens with two attached hydrogens (primary N) is 1. The molecular formula is C26H35FN4O8S3. The summed E-state index contributed by atoms with van der Waals surface area (Å²) in [7, 11) is -5.27. The average molecular weight is 647 g/mol. The monoisotopic (exact) mass is 646 g/mol. The standard InChI is InChI=1S/C21H24FN3O5S2.C5H11NO3S/c1-21(20(27)23-28,32(3,29)30)8-9-25-13-15-10-16(31-18(15)19(25)26)7-5-4-6-14-12-24(2)17(14)11-22;1-3-4(5(6)7)10(2,8)9/h10,14,17,28H,8-9,11-13H2,1-3H3,(H,23,27);4H,3H2,1-2H3,(H2,6,7)/t14-,17+,21?;4-/m01/s1. The summed E-state index contributed by atoms with van der Waals surface area (Å²) in [5, 5.41) is 7.89. The second-order valence-corrected chi connectivity index (χ2v) is 16.0. The fraction of sp³-hybridized carbons (Fsp3) is 0.577. The third kappa shape index (κ3) is 8.08. The van der Waals surface area contributed by atoms with Crippen molar-refractivity contribution < 1.29 is 40.8 Å². The molecule has 16 heteroatoms. The van der Waals surface area contributed by atoms with Gasteiger partial charge in [-0.05, 0) is 56.2 Å². The van der Waals surface area contributed by atoms with Gasteiger partial charge in [-0.2, -0.15) is 0 Å². The first-order valence-electron chi connectivity index (χ1n) is 12.7. The smallest absolute Gasteiger partial charge is 0.264 e. The molecule has 2 aliphatic rings. The molecule has 0 aromatic carbocycles. The quantitative estimate of drug-likeness (QED) is 0.188. The van der Waals surface area contributed by atoms with Gasteiger partial charge in [0.1, 0.15) is 11.9 Å². The van der Waals surface area contributed by atoms with E-state index in [1.54, 1.807) is 13.0 Å². The number of hydroxylamine groups is 1. The predicted molar refractivity (Wildman–Crippen MR) is 156 cm³/mol. The zero-order valence-corrected chi connectivity index (χ0v) is 26.4. The maximum Gasteiger partial charge on any atom is 0.264 e.